The third-order valence-electron chi connectivity index (χ3n) is 10.8. The highest BCUT2D eigenvalue weighted by Crippen LogP contribution is 2.57. The Balaban J connectivity index is 1.15. The Morgan fingerprint density at radius 2 is 1.63 bits per heavy atom. The molecule has 1 aliphatic heterocycles. The number of rotatable bonds is 6. The second-order valence-electron chi connectivity index (χ2n) is 13.5. The maximum atomic E-state index is 14.4. The number of hydrogen-bond acceptors (Lipinski definition) is 7. The van der Waals surface area contributed by atoms with Crippen LogP contribution in [0.15, 0.2) is 113 Å². The highest BCUT2D eigenvalue weighted by molar-refractivity contribution is 6.25. The Hall–Kier alpha value is -6.02. The number of carbonyl (C=O) groups is 4. The maximum Gasteiger partial charge on any atom is 0.238 e. The molecule has 2 amide bonds. The summed E-state index contributed by atoms with van der Waals surface area (Å²) in [6.07, 6.45) is 7.64. The van der Waals surface area contributed by atoms with Crippen molar-refractivity contribution < 1.29 is 33.8 Å². The first-order chi connectivity index (χ1) is 24.7. The van der Waals surface area contributed by atoms with Gasteiger partial charge in [0.05, 0.1) is 31.7 Å². The molecule has 1 heterocycles. The normalized spacial score (nSPS) is 22.9. The lowest BCUT2D eigenvalue weighted by atomic mass is 9.59. The molecule has 8 nitrogen and oxygen atoms in total. The topological polar surface area (TPSA) is 110 Å². The number of methoxy groups -OCH3 is 2. The van der Waals surface area contributed by atoms with Gasteiger partial charge >= 0.3 is 0 Å². The number of fused-ring (bicyclic) bond motifs is 4. The van der Waals surface area contributed by atoms with E-state index in [9.17, 15) is 24.3 Å². The predicted octanol–water partition coefficient (Wildman–Crippen LogP) is 7.37. The minimum absolute atomic E-state index is 0.0103. The van der Waals surface area contributed by atoms with E-state index < -0.39 is 23.7 Å². The average Bonchev–Trinajstić information content (AvgIpc) is 3.41. The molecule has 0 bridgehead atoms. The van der Waals surface area contributed by atoms with Crippen LogP contribution in [0.4, 0.5) is 5.69 Å². The molecule has 0 saturated carbocycles. The lowest BCUT2D eigenvalue weighted by molar-refractivity contribution is -0.123. The number of carbonyl (C=O) groups excluding carboxylic acids is 4. The van der Waals surface area contributed by atoms with Crippen molar-refractivity contribution in [1.82, 2.24) is 0 Å². The number of ether oxygens (including phenoxy) is 2. The molecule has 1 saturated heterocycles. The number of hydrogen-bond donors (Lipinski definition) is 1. The molecule has 254 valence electrons. The van der Waals surface area contributed by atoms with Crippen LogP contribution in [0.1, 0.15) is 42.4 Å². The number of benzene rings is 4. The number of aromatic hydroxyl groups is 1. The first kappa shape index (κ1) is 32.2. The van der Waals surface area contributed by atoms with E-state index >= 15 is 0 Å². The number of phenols is 1. The van der Waals surface area contributed by atoms with E-state index in [-0.39, 0.29) is 35.6 Å². The van der Waals surface area contributed by atoms with Gasteiger partial charge in [0.2, 0.25) is 11.8 Å². The zero-order valence-electron chi connectivity index (χ0n) is 28.4. The number of allylic oxidation sites excluding steroid dienone is 6. The fraction of sp³-hybridized carbons (Fsp3) is 0.209. The Morgan fingerprint density at radius 3 is 2.39 bits per heavy atom. The Kier molecular flexibility index (Phi) is 7.82. The van der Waals surface area contributed by atoms with Crippen molar-refractivity contribution in [2.45, 2.75) is 25.7 Å². The molecule has 1 fully saturated rings. The fourth-order valence-corrected chi connectivity index (χ4v) is 8.42. The SMILES string of the molecule is COc1ccc(OC)c(C=Cc2ccc(N3C(=O)C4CC=C5C(c6c(O)ccc7ccccc67)C6=C(CC5C4C3=O)C(=O)C=C(C)C6=O)cc2)c1. The molecular weight excluding hydrogens is 642 g/mol. The molecule has 51 heavy (non-hydrogen) atoms. The van der Waals surface area contributed by atoms with Crippen LogP contribution in [-0.4, -0.2) is 42.7 Å². The van der Waals surface area contributed by atoms with Crippen molar-refractivity contribution in [3.05, 3.63) is 130 Å². The molecule has 4 aromatic rings. The number of phenolic OH excluding ortho intramolecular Hbond substituents is 1. The van der Waals surface area contributed by atoms with Crippen LogP contribution in [0, 0.1) is 17.8 Å². The number of anilines is 1. The lowest BCUT2D eigenvalue weighted by Crippen LogP contribution is -2.40. The van der Waals surface area contributed by atoms with E-state index in [1.807, 2.05) is 78.9 Å². The molecule has 0 spiro atoms. The summed E-state index contributed by atoms with van der Waals surface area (Å²) >= 11 is 0. The molecule has 0 aromatic heterocycles. The van der Waals surface area contributed by atoms with E-state index in [4.69, 9.17) is 9.47 Å². The van der Waals surface area contributed by atoms with E-state index in [2.05, 4.69) is 0 Å². The van der Waals surface area contributed by atoms with Gasteiger partial charge in [-0.15, -0.1) is 0 Å². The Morgan fingerprint density at radius 1 is 0.843 bits per heavy atom. The van der Waals surface area contributed by atoms with Crippen LogP contribution < -0.4 is 14.4 Å². The third-order valence-corrected chi connectivity index (χ3v) is 10.8. The second-order valence-corrected chi connectivity index (χ2v) is 13.5. The second kappa shape index (κ2) is 12.4. The van der Waals surface area contributed by atoms with Crippen molar-refractivity contribution in [3.63, 3.8) is 0 Å². The Bertz CT molecular complexity index is 2310. The van der Waals surface area contributed by atoms with Gasteiger partial charge < -0.3 is 14.6 Å². The predicted molar refractivity (Wildman–Crippen MR) is 194 cm³/mol. The van der Waals surface area contributed by atoms with Crippen LogP contribution in [0.2, 0.25) is 0 Å². The lowest BCUT2D eigenvalue weighted by Gasteiger charge is -2.42. The number of Topliss-reactive ketones (excluding diaryl/α,β-unsaturated/α-hetero) is 1. The zero-order valence-corrected chi connectivity index (χ0v) is 28.4. The van der Waals surface area contributed by atoms with Crippen LogP contribution in [0.5, 0.6) is 17.2 Å². The molecule has 1 N–H and O–H groups in total. The van der Waals surface area contributed by atoms with Crippen LogP contribution >= 0.6 is 0 Å². The summed E-state index contributed by atoms with van der Waals surface area (Å²) < 4.78 is 10.8. The van der Waals surface area contributed by atoms with Crippen molar-refractivity contribution in [2.75, 3.05) is 19.1 Å². The molecule has 8 heteroatoms. The molecule has 4 atom stereocenters. The van der Waals surface area contributed by atoms with Gasteiger partial charge in [-0.2, -0.15) is 0 Å². The molecule has 4 aromatic carbocycles. The van der Waals surface area contributed by atoms with Gasteiger partial charge in [-0.3, -0.25) is 24.1 Å². The van der Waals surface area contributed by atoms with Gasteiger partial charge in [-0.25, -0.2) is 0 Å². The van der Waals surface area contributed by atoms with Crippen molar-refractivity contribution in [3.8, 4) is 17.2 Å². The number of imide groups is 1. The molecule has 3 aliphatic carbocycles. The third kappa shape index (κ3) is 5.12. The summed E-state index contributed by atoms with van der Waals surface area (Å²) in [4.78, 5) is 57.2. The van der Waals surface area contributed by atoms with Gasteiger partial charge in [0.25, 0.3) is 0 Å². The van der Waals surface area contributed by atoms with E-state index in [0.29, 0.717) is 45.9 Å². The van der Waals surface area contributed by atoms with Crippen molar-refractivity contribution >= 4 is 52.0 Å². The monoisotopic (exact) mass is 677 g/mol. The van der Waals surface area contributed by atoms with Gasteiger partial charge in [0.15, 0.2) is 11.6 Å². The van der Waals surface area contributed by atoms with Gasteiger partial charge in [0.1, 0.15) is 17.2 Å². The molecule has 4 aliphatic rings. The summed E-state index contributed by atoms with van der Waals surface area (Å²) in [7, 11) is 3.21. The minimum atomic E-state index is -0.739. The highest BCUT2D eigenvalue weighted by atomic mass is 16.5. The van der Waals surface area contributed by atoms with E-state index in [0.717, 1.165) is 27.5 Å². The summed E-state index contributed by atoms with van der Waals surface area (Å²) in [6, 6.07) is 23.8. The maximum absolute atomic E-state index is 14.4. The first-order valence-electron chi connectivity index (χ1n) is 17.0. The average molecular weight is 678 g/mol. The minimum Gasteiger partial charge on any atom is -0.508 e. The summed E-state index contributed by atoms with van der Waals surface area (Å²) in [5, 5.41) is 13.0. The summed E-state index contributed by atoms with van der Waals surface area (Å²) in [6.45, 7) is 1.63. The molecule has 8 rings (SSSR count). The largest absolute Gasteiger partial charge is 0.508 e. The van der Waals surface area contributed by atoms with E-state index in [1.54, 1.807) is 39.3 Å². The van der Waals surface area contributed by atoms with Gasteiger partial charge in [0, 0.05) is 33.8 Å². The van der Waals surface area contributed by atoms with E-state index in [1.165, 1.54) is 11.0 Å². The smallest absolute Gasteiger partial charge is 0.238 e. The molecular formula is C43H35NO7. The van der Waals surface area contributed by atoms with Gasteiger partial charge in [-0.1, -0.05) is 66.3 Å². The van der Waals surface area contributed by atoms with Crippen molar-refractivity contribution in [1.29, 1.82) is 0 Å². The number of amides is 2. The van der Waals surface area contributed by atoms with Gasteiger partial charge in [-0.05, 0) is 84.5 Å². The highest BCUT2D eigenvalue weighted by Gasteiger charge is 2.57. The van der Waals surface area contributed by atoms with Crippen molar-refractivity contribution in [2.24, 2.45) is 17.8 Å². The number of ketones is 2. The standard InChI is InChI=1S/C43H35NO7/c1-23-20-35(46)33-22-32-30(39(40(33)41(23)47)38-29-7-5-4-6-25(29)12-18-34(38)45)16-17-31-37(32)43(49)44(42(31)48)27-13-9-24(10-14-27)8-11-26-21-28(50-2)15-19-36(26)51-3/h4-16,18-21,31-32,37,39,45H,17,22H2,1-3H3. The Labute approximate surface area is 295 Å². The molecule has 4 unspecified atom stereocenters. The summed E-state index contributed by atoms with van der Waals surface area (Å²) in [5.74, 6) is -2.27. The number of nitrogens with zero attached hydrogens (tertiary/aromatic N) is 1. The molecule has 0 radical (unpaired) electrons. The fourth-order valence-electron chi connectivity index (χ4n) is 8.42. The van der Waals surface area contributed by atoms with Crippen LogP contribution in [0.25, 0.3) is 22.9 Å². The quantitative estimate of drug-likeness (QED) is 0.0983. The summed E-state index contributed by atoms with van der Waals surface area (Å²) in [5.41, 5.74) is 4.56. The first-order valence-corrected chi connectivity index (χ1v) is 17.0. The van der Waals surface area contributed by atoms with Crippen LogP contribution in [0.3, 0.4) is 0 Å². The zero-order chi connectivity index (χ0) is 35.6. The van der Waals surface area contributed by atoms with Crippen LogP contribution in [-0.2, 0) is 19.2 Å².